The molecule has 0 radical (unpaired) electrons. The molecule has 0 amide bonds. The van der Waals surface area contributed by atoms with Gasteiger partial charge in [-0.15, -0.1) is 0 Å². The summed E-state index contributed by atoms with van der Waals surface area (Å²) in [5.41, 5.74) is 0.324. The second-order valence-corrected chi connectivity index (χ2v) is 5.33. The molecule has 1 rings (SSSR count). The van der Waals surface area contributed by atoms with E-state index < -0.39 is 0 Å². The fraction of sp³-hybridized carbons (Fsp3) is 1.00. The van der Waals surface area contributed by atoms with Gasteiger partial charge in [0.15, 0.2) is 0 Å². The Morgan fingerprint density at radius 2 is 1.89 bits per heavy atom. The predicted octanol–water partition coefficient (Wildman–Crippen LogP) is 1.43. The van der Waals surface area contributed by atoms with Crippen LogP contribution in [-0.4, -0.2) is 6.79 Å². The van der Waals surface area contributed by atoms with Gasteiger partial charge in [-0.25, -0.2) is 0 Å². The monoisotopic (exact) mass is 254 g/mol. The summed E-state index contributed by atoms with van der Waals surface area (Å²) in [7, 11) is 0. The molecule has 1 atom stereocenters. The molecule has 9 heavy (non-hydrogen) atoms. The molecule has 1 aliphatic rings. The minimum atomic E-state index is 0.0556. The molecule has 1 N–H and O–H groups in total. The van der Waals surface area contributed by atoms with Crippen LogP contribution in [0.2, 0.25) is 0 Å². The van der Waals surface area contributed by atoms with E-state index in [9.17, 15) is 5.11 Å². The molecule has 1 aliphatic carbocycles. The van der Waals surface area contributed by atoms with Gasteiger partial charge in [-0.05, 0) is 0 Å². The number of hydrogen-bond acceptors (Lipinski definition) is 1. The van der Waals surface area contributed by atoms with E-state index in [4.69, 9.17) is 0 Å². The third-order valence-corrected chi connectivity index (χ3v) is 5.04. The van der Waals surface area contributed by atoms with E-state index >= 15 is 0 Å². The Morgan fingerprint density at radius 3 is 2.11 bits per heavy atom. The van der Waals surface area contributed by atoms with Gasteiger partial charge in [0, 0.05) is 0 Å². The van der Waals surface area contributed by atoms with Crippen LogP contribution in [0.4, 0.5) is 0 Å². The average molecular weight is 254 g/mol. The van der Waals surface area contributed by atoms with Gasteiger partial charge in [0.25, 0.3) is 0 Å². The van der Waals surface area contributed by atoms with Crippen LogP contribution in [0.1, 0.15) is 32.6 Å². The Balaban J connectivity index is 2.51. The van der Waals surface area contributed by atoms with E-state index in [-0.39, 0.29) is 1.69 Å². The van der Waals surface area contributed by atoms with Crippen LogP contribution in [0.25, 0.3) is 0 Å². The summed E-state index contributed by atoms with van der Waals surface area (Å²) in [5.74, 6) is 0. The summed E-state index contributed by atoms with van der Waals surface area (Å²) in [6.45, 7) is 2.23. The van der Waals surface area contributed by atoms with E-state index in [2.05, 4.69) is 6.92 Å². The average Bonchev–Trinajstić information content (AvgIpc) is 2.16. The molecule has 0 aliphatic heterocycles. The molecule has 1 unspecified atom stereocenters. The molecule has 1 saturated carbocycles. The van der Waals surface area contributed by atoms with Crippen molar-refractivity contribution >= 4 is 0 Å². The molecule has 0 heterocycles. The zero-order chi connectivity index (χ0) is 6.91. The molecule has 0 aromatic carbocycles. The van der Waals surface area contributed by atoms with Gasteiger partial charge < -0.3 is 0 Å². The van der Waals surface area contributed by atoms with Crippen molar-refractivity contribution in [3.63, 3.8) is 0 Å². The third kappa shape index (κ3) is 1.88. The van der Waals surface area contributed by atoms with Crippen molar-refractivity contribution in [3.8, 4) is 0 Å². The van der Waals surface area contributed by atoms with Crippen LogP contribution in [-0.2, 0) is 0 Å². The molecule has 1 fully saturated rings. The van der Waals surface area contributed by atoms with Crippen molar-refractivity contribution in [1.29, 1.82) is 0 Å². The molecular weight excluding hydrogens is 241 g/mol. The Morgan fingerprint density at radius 1 is 1.44 bits per heavy atom. The van der Waals surface area contributed by atoms with Crippen molar-refractivity contribution in [2.75, 3.05) is 0 Å². The molecule has 0 aromatic rings. The zero-order valence-electron chi connectivity index (χ0n) is 5.93. The maximum absolute atomic E-state index is 9.39. The van der Waals surface area contributed by atoms with E-state index in [1.807, 2.05) is 0 Å². The Hall–Kier alpha value is 1.32. The van der Waals surface area contributed by atoms with Gasteiger partial charge in [-0.1, -0.05) is 0 Å². The first-order chi connectivity index (χ1) is 4.15. The zero-order valence-corrected chi connectivity index (χ0v) is 9.63. The Kier molecular flexibility index (Phi) is 2.95. The first kappa shape index (κ1) is 8.42. The fourth-order valence-electron chi connectivity index (χ4n) is 1.48. The number of aliphatic hydroxyl groups is 1. The molecule has 0 saturated heterocycles. The normalized spacial score (nSPS) is 28.1. The van der Waals surface area contributed by atoms with Gasteiger partial charge in [-0.2, -0.15) is 0 Å². The number of rotatable bonds is 1. The van der Waals surface area contributed by atoms with Crippen LogP contribution in [0.5, 0.6) is 0 Å². The number of aliphatic hydroxyl groups excluding tert-OH is 1. The molecular formula is C7H13OPr. The second kappa shape index (κ2) is 3.15. The summed E-state index contributed by atoms with van der Waals surface area (Å²) in [6.07, 6.45) is 5.18. The summed E-state index contributed by atoms with van der Waals surface area (Å²) in [5, 5.41) is 9.39. The van der Waals surface area contributed by atoms with Crippen molar-refractivity contribution < 1.29 is 44.3 Å². The molecule has 0 aromatic heterocycles. The van der Waals surface area contributed by atoms with E-state index in [1.54, 1.807) is 0 Å². The fourth-order valence-corrected chi connectivity index (χ4v) is 2.55. The Bertz CT molecular complexity index is 95.1. The molecule has 1 nitrogen and oxygen atoms in total. The van der Waals surface area contributed by atoms with Gasteiger partial charge >= 0.3 is 84.0 Å². The van der Waals surface area contributed by atoms with Crippen molar-refractivity contribution in [1.82, 2.24) is 0 Å². The van der Waals surface area contributed by atoms with Crippen LogP contribution < -0.4 is 0 Å². The quantitative estimate of drug-likeness (QED) is 0.750. The topological polar surface area (TPSA) is 20.2 Å². The number of hydrogen-bond donors (Lipinski definition) is 1. The van der Waals surface area contributed by atoms with Gasteiger partial charge in [0.05, 0.1) is 0 Å². The van der Waals surface area contributed by atoms with Gasteiger partial charge in [0.2, 0.25) is 0 Å². The van der Waals surface area contributed by atoms with Crippen molar-refractivity contribution in [2.24, 2.45) is 5.41 Å². The minimum absolute atomic E-state index is 0.0556. The van der Waals surface area contributed by atoms with Crippen molar-refractivity contribution in [3.05, 3.63) is 0 Å². The van der Waals surface area contributed by atoms with Crippen LogP contribution in [0, 0.1) is 44.6 Å². The molecule has 0 spiro atoms. The molecule has 2 heteroatoms. The second-order valence-electron chi connectivity index (χ2n) is 3.31. The van der Waals surface area contributed by atoms with E-state index in [0.29, 0.717) is 5.41 Å². The van der Waals surface area contributed by atoms with E-state index in [0.717, 1.165) is 39.2 Å². The first-order valence-corrected chi connectivity index (χ1v) is 5.73. The summed E-state index contributed by atoms with van der Waals surface area (Å²) in [4.78, 5) is 0. The summed E-state index contributed by atoms with van der Waals surface area (Å²) in [6, 6.07) is 0. The third-order valence-electron chi connectivity index (χ3n) is 2.46. The van der Waals surface area contributed by atoms with Crippen LogP contribution >= 0.6 is 0 Å². The summed E-state index contributed by atoms with van der Waals surface area (Å²) >= 11 is 0.748. The maximum atomic E-state index is 9.39. The van der Waals surface area contributed by atoms with E-state index in [1.165, 1.54) is 25.7 Å². The van der Waals surface area contributed by atoms with Crippen molar-refractivity contribution in [2.45, 2.75) is 34.3 Å². The summed E-state index contributed by atoms with van der Waals surface area (Å²) < 4.78 is 0.0556. The SMILES string of the molecule is CC1([CH](O)[Pr])CCCC1. The standard InChI is InChI=1S/C7H13O.Pr/c1-7(6-8)4-2-3-5-7;/h6,8H,2-5H2,1H3;. The Labute approximate surface area is 83.2 Å². The first-order valence-electron chi connectivity index (χ1n) is 3.59. The van der Waals surface area contributed by atoms with Crippen LogP contribution in [0.3, 0.4) is 0 Å². The van der Waals surface area contributed by atoms with Gasteiger partial charge in [-0.3, -0.25) is 0 Å². The molecule has 0 bridgehead atoms. The van der Waals surface area contributed by atoms with Crippen LogP contribution in [0.15, 0.2) is 0 Å². The van der Waals surface area contributed by atoms with Gasteiger partial charge in [0.1, 0.15) is 0 Å². The predicted molar refractivity (Wildman–Crippen MR) is 32.6 cm³/mol. The molecule has 50 valence electrons.